The van der Waals surface area contributed by atoms with Crippen molar-refractivity contribution in [3.05, 3.63) is 47.5 Å². The van der Waals surface area contributed by atoms with E-state index in [0.29, 0.717) is 18.1 Å². The number of alkyl halides is 3. The summed E-state index contributed by atoms with van der Waals surface area (Å²) in [6.45, 7) is 7.68. The van der Waals surface area contributed by atoms with Crippen molar-refractivity contribution in [1.82, 2.24) is 15.5 Å². The molecule has 0 aromatic heterocycles. The van der Waals surface area contributed by atoms with E-state index in [1.807, 2.05) is 6.92 Å². The van der Waals surface area contributed by atoms with Crippen LogP contribution in [-0.2, 0) is 11.0 Å². The highest BCUT2D eigenvalue weighted by Gasteiger charge is 2.30. The zero-order valence-electron chi connectivity index (χ0n) is 15.4. The lowest BCUT2D eigenvalue weighted by atomic mass is 10.1. The lowest BCUT2D eigenvalue weighted by Gasteiger charge is -2.20. The highest BCUT2D eigenvalue weighted by Crippen LogP contribution is 2.30. The van der Waals surface area contributed by atoms with Crippen molar-refractivity contribution in [3.63, 3.8) is 0 Å². The number of hydrogen-bond acceptors (Lipinski definition) is 2. The van der Waals surface area contributed by atoms with Crippen LogP contribution >= 0.6 is 0 Å². The third-order valence-electron chi connectivity index (χ3n) is 3.50. The predicted molar refractivity (Wildman–Crippen MR) is 96.8 cm³/mol. The first-order chi connectivity index (χ1) is 12.0. The number of likely N-dealkylation sites (N-methyl/N-ethyl adjacent to an activating group) is 1. The minimum atomic E-state index is -4.40. The summed E-state index contributed by atoms with van der Waals surface area (Å²) in [6, 6.07) is 4.65. The van der Waals surface area contributed by atoms with Gasteiger partial charge in [-0.25, -0.2) is 4.99 Å². The number of halogens is 3. The highest BCUT2D eigenvalue weighted by molar-refractivity contribution is 5.85. The highest BCUT2D eigenvalue weighted by atomic mass is 19.4. The molecular formula is C18H25F3N4O. The average molecular weight is 370 g/mol. The Labute approximate surface area is 152 Å². The number of aliphatic imine (C=N–C) groups is 1. The van der Waals surface area contributed by atoms with Gasteiger partial charge in [-0.3, -0.25) is 4.79 Å². The molecule has 0 radical (unpaired) electrons. The van der Waals surface area contributed by atoms with E-state index >= 15 is 0 Å². The van der Waals surface area contributed by atoms with Crippen molar-refractivity contribution in [3.8, 4) is 0 Å². The Balaban J connectivity index is 2.93. The van der Waals surface area contributed by atoms with Gasteiger partial charge in [-0.05, 0) is 31.5 Å². The number of benzene rings is 1. The van der Waals surface area contributed by atoms with Gasteiger partial charge in [0.25, 0.3) is 0 Å². The Kier molecular flexibility index (Phi) is 7.67. The van der Waals surface area contributed by atoms with Crippen LogP contribution in [0, 0.1) is 0 Å². The second-order valence-electron chi connectivity index (χ2n) is 6.25. The Morgan fingerprint density at radius 3 is 2.54 bits per heavy atom. The summed E-state index contributed by atoms with van der Waals surface area (Å²) in [5.74, 6) is 0.140. The summed E-state index contributed by atoms with van der Waals surface area (Å²) < 4.78 is 38.6. The fraction of sp³-hybridized carbons (Fsp3) is 0.444. The number of amides is 1. The summed E-state index contributed by atoms with van der Waals surface area (Å²) in [5.41, 5.74) is 0.605. The van der Waals surface area contributed by atoms with E-state index in [1.165, 1.54) is 11.0 Å². The van der Waals surface area contributed by atoms with Crippen LogP contribution in [-0.4, -0.2) is 44.0 Å². The molecule has 1 rings (SSSR count). The summed E-state index contributed by atoms with van der Waals surface area (Å²) in [6.07, 6.45) is -4.40. The zero-order chi connectivity index (χ0) is 19.9. The number of rotatable bonds is 6. The molecule has 0 aliphatic rings. The quantitative estimate of drug-likeness (QED) is 0.460. The van der Waals surface area contributed by atoms with Gasteiger partial charge in [0.15, 0.2) is 5.96 Å². The number of guanidine groups is 1. The largest absolute Gasteiger partial charge is 0.416 e. The fourth-order valence-corrected chi connectivity index (χ4v) is 1.95. The van der Waals surface area contributed by atoms with Crippen LogP contribution < -0.4 is 10.6 Å². The molecule has 5 nitrogen and oxygen atoms in total. The van der Waals surface area contributed by atoms with Crippen LogP contribution in [0.5, 0.6) is 0 Å². The second kappa shape index (κ2) is 9.26. The van der Waals surface area contributed by atoms with Crippen molar-refractivity contribution in [2.24, 2.45) is 4.99 Å². The average Bonchev–Trinajstić information content (AvgIpc) is 2.55. The molecule has 1 aromatic carbocycles. The Bertz CT molecular complexity index is 669. The first-order valence-corrected chi connectivity index (χ1v) is 8.07. The fourth-order valence-electron chi connectivity index (χ4n) is 1.95. The van der Waals surface area contributed by atoms with Crippen molar-refractivity contribution < 1.29 is 18.0 Å². The van der Waals surface area contributed by atoms with E-state index in [0.717, 1.165) is 17.7 Å². The number of carbonyl (C=O) groups is 1. The molecular weight excluding hydrogens is 345 g/mol. The number of carbonyl (C=O) groups excluding carboxylic acids is 1. The maximum Gasteiger partial charge on any atom is 0.416 e. The molecule has 1 atom stereocenters. The van der Waals surface area contributed by atoms with E-state index in [-0.39, 0.29) is 12.5 Å². The van der Waals surface area contributed by atoms with Gasteiger partial charge in [-0.15, -0.1) is 0 Å². The summed E-state index contributed by atoms with van der Waals surface area (Å²) in [7, 11) is 3.25. The zero-order valence-corrected chi connectivity index (χ0v) is 15.4. The number of hydrogen-bond donors (Lipinski definition) is 2. The van der Waals surface area contributed by atoms with Gasteiger partial charge in [0.1, 0.15) is 6.54 Å². The first kappa shape index (κ1) is 21.5. The van der Waals surface area contributed by atoms with Gasteiger partial charge < -0.3 is 15.5 Å². The third-order valence-corrected chi connectivity index (χ3v) is 3.50. The Morgan fingerprint density at radius 2 is 2.00 bits per heavy atom. The molecule has 0 aliphatic heterocycles. The molecule has 1 unspecified atom stereocenters. The normalized spacial score (nSPS) is 13.1. The van der Waals surface area contributed by atoms with Gasteiger partial charge in [0.2, 0.25) is 5.91 Å². The van der Waals surface area contributed by atoms with Crippen LogP contribution in [0.4, 0.5) is 13.2 Å². The number of nitrogens with zero attached hydrogens (tertiary/aromatic N) is 2. The van der Waals surface area contributed by atoms with E-state index < -0.39 is 17.8 Å². The molecule has 2 N–H and O–H groups in total. The molecule has 144 valence electrons. The molecule has 0 fully saturated rings. The van der Waals surface area contributed by atoms with Crippen LogP contribution in [0.3, 0.4) is 0 Å². The third kappa shape index (κ3) is 7.16. The van der Waals surface area contributed by atoms with Crippen LogP contribution in [0.25, 0.3) is 0 Å². The lowest BCUT2D eigenvalue weighted by molar-refractivity contribution is -0.137. The van der Waals surface area contributed by atoms with Gasteiger partial charge in [-0.2, -0.15) is 13.2 Å². The molecule has 0 saturated carbocycles. The Morgan fingerprint density at radius 1 is 1.35 bits per heavy atom. The maximum absolute atomic E-state index is 12.9. The van der Waals surface area contributed by atoms with Gasteiger partial charge in [0, 0.05) is 20.6 Å². The van der Waals surface area contributed by atoms with Crippen LogP contribution in [0.1, 0.15) is 31.0 Å². The van der Waals surface area contributed by atoms with Crippen molar-refractivity contribution in [1.29, 1.82) is 0 Å². The molecule has 8 heteroatoms. The molecule has 1 amide bonds. The molecule has 0 aliphatic carbocycles. The lowest BCUT2D eigenvalue weighted by Crippen LogP contribution is -2.40. The topological polar surface area (TPSA) is 56.7 Å². The van der Waals surface area contributed by atoms with E-state index in [9.17, 15) is 18.0 Å². The van der Waals surface area contributed by atoms with Gasteiger partial charge >= 0.3 is 6.18 Å². The molecule has 0 saturated heterocycles. The minimum absolute atomic E-state index is 0.0756. The molecule has 26 heavy (non-hydrogen) atoms. The second-order valence-corrected chi connectivity index (χ2v) is 6.25. The van der Waals surface area contributed by atoms with Gasteiger partial charge in [-0.1, -0.05) is 24.3 Å². The van der Waals surface area contributed by atoms with E-state index in [4.69, 9.17) is 0 Å². The smallest absolute Gasteiger partial charge is 0.353 e. The first-order valence-electron chi connectivity index (χ1n) is 8.07. The van der Waals surface area contributed by atoms with E-state index in [1.54, 1.807) is 27.1 Å². The molecule has 1 aromatic rings. The summed E-state index contributed by atoms with van der Waals surface area (Å²) in [5, 5.41) is 6.03. The van der Waals surface area contributed by atoms with Gasteiger partial charge in [0.05, 0.1) is 11.6 Å². The van der Waals surface area contributed by atoms with Crippen LogP contribution in [0.15, 0.2) is 41.4 Å². The molecule has 0 heterocycles. The Hall–Kier alpha value is -2.51. The monoisotopic (exact) mass is 370 g/mol. The van der Waals surface area contributed by atoms with Crippen molar-refractivity contribution in [2.45, 2.75) is 26.1 Å². The number of nitrogens with one attached hydrogen (secondary N) is 2. The predicted octanol–water partition coefficient (Wildman–Crippen LogP) is 2.97. The van der Waals surface area contributed by atoms with Crippen LogP contribution in [0.2, 0.25) is 0 Å². The maximum atomic E-state index is 12.9. The summed E-state index contributed by atoms with van der Waals surface area (Å²) >= 11 is 0. The summed E-state index contributed by atoms with van der Waals surface area (Å²) in [4.78, 5) is 17.3. The van der Waals surface area contributed by atoms with Crippen molar-refractivity contribution in [2.75, 3.05) is 27.2 Å². The standard InChI is InChI=1S/C18H25F3N4O/c1-12(2)10-22-17(23-11-16(26)25(4)5)24-13(3)14-7-6-8-15(9-14)18(19,20)21/h6-9,13H,1,10-11H2,2-5H3,(H2,22,23,24). The SMILES string of the molecule is C=C(C)CNC(=NCC(=O)N(C)C)NC(C)c1cccc(C(F)(F)F)c1. The minimum Gasteiger partial charge on any atom is -0.353 e. The van der Waals surface area contributed by atoms with Crippen molar-refractivity contribution >= 4 is 11.9 Å². The molecule has 0 bridgehead atoms. The van der Waals surface area contributed by atoms with E-state index in [2.05, 4.69) is 22.2 Å². The molecule has 0 spiro atoms.